The molecular formula is C27H28MnN2O6. The SMILES string of the molecule is C.CC(=O)O.COc1cccc(-c2cccc(-c3cccc(-c4cccc(OC)c4O)n3)n2)c1O.[Mn]. The summed E-state index contributed by atoms with van der Waals surface area (Å²) in [5.41, 5.74) is 3.61. The first-order valence-corrected chi connectivity index (χ1v) is 10.2. The summed E-state index contributed by atoms with van der Waals surface area (Å²) in [6.07, 6.45) is 0. The molecule has 9 heteroatoms. The molecule has 1 radical (unpaired) electrons. The number of nitrogens with zero attached hydrogens (tertiary/aromatic N) is 2. The second-order valence-corrected chi connectivity index (χ2v) is 7.05. The van der Waals surface area contributed by atoms with Crippen LogP contribution in [-0.4, -0.2) is 45.5 Å². The molecule has 0 bridgehead atoms. The van der Waals surface area contributed by atoms with E-state index in [0.29, 0.717) is 45.4 Å². The molecule has 0 atom stereocenters. The molecule has 0 amide bonds. The number of aromatic hydroxyl groups is 2. The van der Waals surface area contributed by atoms with Crippen molar-refractivity contribution in [2.45, 2.75) is 14.4 Å². The molecule has 36 heavy (non-hydrogen) atoms. The van der Waals surface area contributed by atoms with E-state index >= 15 is 0 Å². The molecule has 0 aliphatic carbocycles. The number of methoxy groups -OCH3 is 2. The van der Waals surface area contributed by atoms with Gasteiger partial charge in [0.15, 0.2) is 23.0 Å². The van der Waals surface area contributed by atoms with E-state index in [0.717, 1.165) is 6.92 Å². The van der Waals surface area contributed by atoms with E-state index in [1.807, 2.05) is 36.4 Å². The smallest absolute Gasteiger partial charge is 0.300 e. The quantitative estimate of drug-likeness (QED) is 0.283. The number of phenolic OH excluding ortho intramolecular Hbond substituents is 2. The van der Waals surface area contributed by atoms with Gasteiger partial charge in [-0.2, -0.15) is 0 Å². The molecule has 3 N–H and O–H groups in total. The van der Waals surface area contributed by atoms with Crippen molar-refractivity contribution in [1.82, 2.24) is 9.97 Å². The molecule has 2 aromatic carbocycles. The number of para-hydroxylation sites is 2. The number of aliphatic carboxylic acids is 1. The summed E-state index contributed by atoms with van der Waals surface area (Å²) in [7, 11) is 3.01. The van der Waals surface area contributed by atoms with Gasteiger partial charge in [0.1, 0.15) is 0 Å². The fourth-order valence-electron chi connectivity index (χ4n) is 3.24. The topological polar surface area (TPSA) is 122 Å². The largest absolute Gasteiger partial charge is 0.504 e. The summed E-state index contributed by atoms with van der Waals surface area (Å²) < 4.78 is 10.4. The zero-order valence-corrected chi connectivity index (χ0v) is 20.4. The Hall–Kier alpha value is -4.07. The Labute approximate surface area is 220 Å². The van der Waals surface area contributed by atoms with E-state index in [-0.39, 0.29) is 36.0 Å². The Balaban J connectivity index is 0.00000101. The summed E-state index contributed by atoms with van der Waals surface area (Å²) in [5.74, 6) is 0.00183. The zero-order chi connectivity index (χ0) is 24.7. The maximum Gasteiger partial charge on any atom is 0.300 e. The van der Waals surface area contributed by atoms with Crippen molar-refractivity contribution in [2.24, 2.45) is 0 Å². The van der Waals surface area contributed by atoms with Gasteiger partial charge in [0.25, 0.3) is 5.97 Å². The van der Waals surface area contributed by atoms with Gasteiger partial charge in [-0.1, -0.05) is 31.7 Å². The number of ether oxygens (including phenoxy) is 2. The van der Waals surface area contributed by atoms with E-state index in [2.05, 4.69) is 9.97 Å². The van der Waals surface area contributed by atoms with Crippen molar-refractivity contribution in [3.8, 4) is 56.9 Å². The molecule has 4 aromatic rings. The summed E-state index contributed by atoms with van der Waals surface area (Å²) in [4.78, 5) is 18.4. The normalized spacial score (nSPS) is 9.53. The van der Waals surface area contributed by atoms with Crippen LogP contribution in [-0.2, 0) is 21.9 Å². The van der Waals surface area contributed by atoms with Crippen LogP contribution in [0.4, 0.5) is 0 Å². The van der Waals surface area contributed by atoms with Crippen molar-refractivity contribution in [3.05, 3.63) is 72.8 Å². The van der Waals surface area contributed by atoms with Crippen molar-refractivity contribution in [3.63, 3.8) is 0 Å². The fourth-order valence-corrected chi connectivity index (χ4v) is 3.24. The van der Waals surface area contributed by atoms with Crippen LogP contribution in [0.5, 0.6) is 23.0 Å². The van der Waals surface area contributed by atoms with Crippen LogP contribution in [0.3, 0.4) is 0 Å². The average molecular weight is 531 g/mol. The van der Waals surface area contributed by atoms with E-state index in [4.69, 9.17) is 19.4 Å². The average Bonchev–Trinajstić information content (AvgIpc) is 2.84. The second-order valence-electron chi connectivity index (χ2n) is 7.05. The van der Waals surface area contributed by atoms with Gasteiger partial charge in [-0.3, -0.25) is 4.79 Å². The van der Waals surface area contributed by atoms with Crippen LogP contribution < -0.4 is 9.47 Å². The minimum absolute atomic E-state index is 0. The Bertz CT molecular complexity index is 1210. The molecule has 0 spiro atoms. The van der Waals surface area contributed by atoms with Crippen LogP contribution in [0.25, 0.3) is 33.9 Å². The molecule has 0 aliphatic heterocycles. The monoisotopic (exact) mass is 531 g/mol. The molecule has 0 unspecified atom stereocenters. The number of carboxylic acid groups (broad SMARTS) is 1. The molecule has 2 heterocycles. The van der Waals surface area contributed by atoms with Crippen LogP contribution in [0.2, 0.25) is 0 Å². The summed E-state index contributed by atoms with van der Waals surface area (Å²) in [5, 5.41) is 28.3. The summed E-state index contributed by atoms with van der Waals surface area (Å²) in [6.45, 7) is 1.08. The number of hydrogen-bond donors (Lipinski definition) is 3. The Kier molecular flexibility index (Phi) is 11.4. The molecule has 0 fully saturated rings. The molecule has 0 aliphatic rings. The van der Waals surface area contributed by atoms with Gasteiger partial charge >= 0.3 is 0 Å². The van der Waals surface area contributed by atoms with Gasteiger partial charge in [0.2, 0.25) is 0 Å². The Morgan fingerprint density at radius 1 is 0.667 bits per heavy atom. The van der Waals surface area contributed by atoms with Crippen LogP contribution in [0.15, 0.2) is 72.8 Å². The number of hydrogen-bond acceptors (Lipinski definition) is 7. The van der Waals surface area contributed by atoms with Crippen LogP contribution in [0, 0.1) is 0 Å². The van der Waals surface area contributed by atoms with E-state index in [9.17, 15) is 10.2 Å². The fraction of sp³-hybridized carbons (Fsp3) is 0.148. The van der Waals surface area contributed by atoms with Gasteiger partial charge in [0.05, 0.1) is 37.0 Å². The molecule has 0 saturated carbocycles. The van der Waals surface area contributed by atoms with Gasteiger partial charge < -0.3 is 24.8 Å². The number of rotatable bonds is 5. The second kappa shape index (κ2) is 13.7. The standard InChI is InChI=1S/C24H20N2O4.C2H4O2.CH4.Mn/c1-29-21-13-3-7-15(23(21)27)17-9-5-11-19(25-17)20-12-6-10-18(26-20)16-8-4-14-22(30-2)24(16)28;1-2(3)4;;/h3-14,27-28H,1-2H3;1H3,(H,3,4);1H4;. The van der Waals surface area contributed by atoms with Gasteiger partial charge in [0, 0.05) is 35.1 Å². The third-order valence-electron chi connectivity index (χ3n) is 4.75. The first-order chi connectivity index (χ1) is 16.3. The maximum atomic E-state index is 10.5. The number of benzene rings is 2. The molecule has 2 aromatic heterocycles. The van der Waals surface area contributed by atoms with Gasteiger partial charge in [-0.05, 0) is 48.5 Å². The molecule has 0 saturated heterocycles. The zero-order valence-electron chi connectivity index (χ0n) is 19.3. The maximum absolute atomic E-state index is 10.5. The molecule has 8 nitrogen and oxygen atoms in total. The summed E-state index contributed by atoms with van der Waals surface area (Å²) in [6, 6.07) is 21.6. The number of aromatic nitrogens is 2. The van der Waals surface area contributed by atoms with E-state index in [1.165, 1.54) is 14.2 Å². The van der Waals surface area contributed by atoms with Gasteiger partial charge in [-0.25, -0.2) is 9.97 Å². The predicted molar refractivity (Wildman–Crippen MR) is 135 cm³/mol. The minimum Gasteiger partial charge on any atom is -0.504 e. The van der Waals surface area contributed by atoms with Crippen molar-refractivity contribution >= 4 is 5.97 Å². The predicted octanol–water partition coefficient (Wildman–Crippen LogP) is 5.63. The van der Waals surface area contributed by atoms with Crippen LogP contribution >= 0.6 is 0 Å². The number of pyridine rings is 2. The van der Waals surface area contributed by atoms with Crippen molar-refractivity contribution in [1.29, 1.82) is 0 Å². The van der Waals surface area contributed by atoms with E-state index in [1.54, 1.807) is 36.4 Å². The Morgan fingerprint density at radius 3 is 1.31 bits per heavy atom. The number of carboxylic acids is 1. The van der Waals surface area contributed by atoms with E-state index < -0.39 is 5.97 Å². The first kappa shape index (κ1) is 30.0. The van der Waals surface area contributed by atoms with Crippen LogP contribution in [0.1, 0.15) is 14.4 Å². The first-order valence-electron chi connectivity index (χ1n) is 10.2. The third kappa shape index (κ3) is 6.97. The summed E-state index contributed by atoms with van der Waals surface area (Å²) >= 11 is 0. The Morgan fingerprint density at radius 2 is 0.972 bits per heavy atom. The number of carbonyl (C=O) groups is 1. The van der Waals surface area contributed by atoms with Crippen molar-refractivity contribution in [2.75, 3.05) is 14.2 Å². The van der Waals surface area contributed by atoms with Crippen molar-refractivity contribution < 1.29 is 46.7 Å². The molecule has 4 rings (SSSR count). The molecular weight excluding hydrogens is 503 g/mol. The number of phenols is 2. The van der Waals surface area contributed by atoms with Gasteiger partial charge in [-0.15, -0.1) is 0 Å². The minimum atomic E-state index is -0.833. The third-order valence-corrected chi connectivity index (χ3v) is 4.75. The molecule has 189 valence electrons.